The third-order valence-corrected chi connectivity index (χ3v) is 2.76. The summed E-state index contributed by atoms with van der Waals surface area (Å²) in [4.78, 5) is 4.26. The van der Waals surface area contributed by atoms with Crippen LogP contribution in [0.2, 0.25) is 0 Å². The molecule has 0 fully saturated rings. The SMILES string of the molecule is OC(c1ccc2cccnc2c1)c1ccco1. The van der Waals surface area contributed by atoms with Gasteiger partial charge in [0.05, 0.1) is 11.8 Å². The van der Waals surface area contributed by atoms with Gasteiger partial charge in [-0.3, -0.25) is 4.98 Å². The minimum atomic E-state index is -0.739. The van der Waals surface area contributed by atoms with Crippen molar-refractivity contribution in [1.29, 1.82) is 0 Å². The van der Waals surface area contributed by atoms with Crippen molar-refractivity contribution < 1.29 is 9.52 Å². The third kappa shape index (κ3) is 1.81. The molecular weight excluding hydrogens is 214 g/mol. The molecule has 0 aliphatic heterocycles. The Labute approximate surface area is 98.3 Å². The second-order valence-electron chi connectivity index (χ2n) is 3.87. The van der Waals surface area contributed by atoms with E-state index in [1.54, 1.807) is 24.6 Å². The lowest BCUT2D eigenvalue weighted by molar-refractivity contribution is 0.189. The van der Waals surface area contributed by atoms with Crippen molar-refractivity contribution in [3.05, 3.63) is 66.2 Å². The van der Waals surface area contributed by atoms with Gasteiger partial charge in [-0.1, -0.05) is 18.2 Å². The van der Waals surface area contributed by atoms with E-state index in [0.29, 0.717) is 5.76 Å². The van der Waals surface area contributed by atoms with Gasteiger partial charge in [0, 0.05) is 11.6 Å². The van der Waals surface area contributed by atoms with Crippen LogP contribution in [0.1, 0.15) is 17.4 Å². The van der Waals surface area contributed by atoms with Crippen molar-refractivity contribution in [2.24, 2.45) is 0 Å². The molecule has 0 radical (unpaired) electrons. The van der Waals surface area contributed by atoms with Crippen LogP contribution in [0, 0.1) is 0 Å². The first-order valence-corrected chi connectivity index (χ1v) is 5.41. The van der Waals surface area contributed by atoms with E-state index >= 15 is 0 Å². The fourth-order valence-electron chi connectivity index (χ4n) is 1.86. The number of aliphatic hydroxyl groups excluding tert-OH is 1. The van der Waals surface area contributed by atoms with Gasteiger partial charge in [0.25, 0.3) is 0 Å². The van der Waals surface area contributed by atoms with Crippen LogP contribution in [0.3, 0.4) is 0 Å². The van der Waals surface area contributed by atoms with Gasteiger partial charge in [0.15, 0.2) is 0 Å². The highest BCUT2D eigenvalue weighted by Gasteiger charge is 2.13. The van der Waals surface area contributed by atoms with Crippen LogP contribution in [0.15, 0.2) is 59.3 Å². The highest BCUT2D eigenvalue weighted by atomic mass is 16.4. The van der Waals surface area contributed by atoms with Crippen molar-refractivity contribution in [1.82, 2.24) is 4.98 Å². The summed E-state index contributed by atoms with van der Waals surface area (Å²) in [5, 5.41) is 11.2. The van der Waals surface area contributed by atoms with E-state index in [9.17, 15) is 5.11 Å². The molecule has 2 heterocycles. The average Bonchev–Trinajstić information content (AvgIpc) is 2.91. The summed E-state index contributed by atoms with van der Waals surface area (Å²) in [6.45, 7) is 0. The zero-order chi connectivity index (χ0) is 11.7. The Morgan fingerprint density at radius 3 is 2.88 bits per heavy atom. The standard InChI is InChI=1S/C14H11NO2/c16-14(13-4-2-8-17-13)11-6-5-10-3-1-7-15-12(10)9-11/h1-9,14,16H. The molecule has 1 unspecified atom stereocenters. The maximum Gasteiger partial charge on any atom is 0.137 e. The minimum absolute atomic E-state index is 0.542. The summed E-state index contributed by atoms with van der Waals surface area (Å²) in [6.07, 6.45) is 2.56. The lowest BCUT2D eigenvalue weighted by Gasteiger charge is -2.08. The van der Waals surface area contributed by atoms with Crippen molar-refractivity contribution in [3.8, 4) is 0 Å². The highest BCUT2D eigenvalue weighted by molar-refractivity contribution is 5.79. The Balaban J connectivity index is 2.06. The second-order valence-corrected chi connectivity index (χ2v) is 3.87. The van der Waals surface area contributed by atoms with Gasteiger partial charge in [-0.15, -0.1) is 0 Å². The number of furan rings is 1. The molecule has 3 heteroatoms. The lowest BCUT2D eigenvalue weighted by Crippen LogP contribution is -1.97. The number of benzene rings is 1. The molecule has 0 spiro atoms. The van der Waals surface area contributed by atoms with E-state index in [1.165, 1.54) is 0 Å². The quantitative estimate of drug-likeness (QED) is 0.729. The molecule has 3 nitrogen and oxygen atoms in total. The fourth-order valence-corrected chi connectivity index (χ4v) is 1.86. The van der Waals surface area contributed by atoms with Crippen molar-refractivity contribution in [2.75, 3.05) is 0 Å². The van der Waals surface area contributed by atoms with Crippen LogP contribution in [-0.4, -0.2) is 10.1 Å². The second kappa shape index (κ2) is 4.03. The van der Waals surface area contributed by atoms with Crippen LogP contribution in [0.5, 0.6) is 0 Å². The van der Waals surface area contributed by atoms with Crippen molar-refractivity contribution >= 4 is 10.9 Å². The van der Waals surface area contributed by atoms with Crippen molar-refractivity contribution in [2.45, 2.75) is 6.10 Å². The van der Waals surface area contributed by atoms with E-state index in [0.717, 1.165) is 16.5 Å². The number of aliphatic hydroxyl groups is 1. The predicted octanol–water partition coefficient (Wildman–Crippen LogP) is 2.91. The van der Waals surface area contributed by atoms with Gasteiger partial charge in [0.2, 0.25) is 0 Å². The van der Waals surface area contributed by atoms with Crippen LogP contribution < -0.4 is 0 Å². The Bertz CT molecular complexity index is 632. The zero-order valence-corrected chi connectivity index (χ0v) is 9.08. The van der Waals surface area contributed by atoms with E-state index in [4.69, 9.17) is 4.42 Å². The van der Waals surface area contributed by atoms with Crippen LogP contribution in [0.4, 0.5) is 0 Å². The first kappa shape index (κ1) is 10.1. The van der Waals surface area contributed by atoms with Crippen LogP contribution in [-0.2, 0) is 0 Å². The molecule has 0 aliphatic rings. The molecule has 1 N–H and O–H groups in total. The first-order chi connectivity index (χ1) is 8.34. The lowest BCUT2D eigenvalue weighted by atomic mass is 10.1. The number of nitrogens with zero attached hydrogens (tertiary/aromatic N) is 1. The highest BCUT2D eigenvalue weighted by Crippen LogP contribution is 2.24. The predicted molar refractivity (Wildman–Crippen MR) is 64.5 cm³/mol. The van der Waals surface area contributed by atoms with E-state index in [1.807, 2.05) is 30.3 Å². The van der Waals surface area contributed by atoms with E-state index in [-0.39, 0.29) is 0 Å². The Morgan fingerprint density at radius 1 is 1.12 bits per heavy atom. The van der Waals surface area contributed by atoms with Gasteiger partial charge < -0.3 is 9.52 Å². The monoisotopic (exact) mass is 225 g/mol. The summed E-state index contributed by atoms with van der Waals surface area (Å²) in [6, 6.07) is 13.1. The van der Waals surface area contributed by atoms with Crippen molar-refractivity contribution in [3.63, 3.8) is 0 Å². The first-order valence-electron chi connectivity index (χ1n) is 5.41. The van der Waals surface area contributed by atoms with Crippen LogP contribution >= 0.6 is 0 Å². The van der Waals surface area contributed by atoms with Gasteiger partial charge >= 0.3 is 0 Å². The minimum Gasteiger partial charge on any atom is -0.466 e. The molecule has 17 heavy (non-hydrogen) atoms. The molecule has 0 amide bonds. The van der Waals surface area contributed by atoms with Gasteiger partial charge in [-0.05, 0) is 29.8 Å². The molecule has 0 bridgehead atoms. The summed E-state index contributed by atoms with van der Waals surface area (Å²) in [5.41, 5.74) is 1.65. The molecule has 0 saturated heterocycles. The van der Waals surface area contributed by atoms with Gasteiger partial charge in [-0.25, -0.2) is 0 Å². The Morgan fingerprint density at radius 2 is 2.06 bits per heavy atom. The number of hydrogen-bond donors (Lipinski definition) is 1. The molecule has 3 aromatic rings. The number of rotatable bonds is 2. The largest absolute Gasteiger partial charge is 0.466 e. The summed E-state index contributed by atoms with van der Waals surface area (Å²) < 4.78 is 5.19. The molecule has 1 atom stereocenters. The topological polar surface area (TPSA) is 46.3 Å². The maximum atomic E-state index is 10.1. The number of pyridine rings is 1. The molecular formula is C14H11NO2. The molecule has 84 valence electrons. The summed E-state index contributed by atoms with van der Waals surface area (Å²) >= 11 is 0. The molecule has 2 aromatic heterocycles. The molecule has 3 rings (SSSR count). The van der Waals surface area contributed by atoms with Gasteiger partial charge in [0.1, 0.15) is 11.9 Å². The van der Waals surface area contributed by atoms with E-state index in [2.05, 4.69) is 4.98 Å². The normalized spacial score (nSPS) is 12.8. The maximum absolute atomic E-state index is 10.1. The third-order valence-electron chi connectivity index (χ3n) is 2.76. The number of aromatic nitrogens is 1. The number of fused-ring (bicyclic) bond motifs is 1. The van der Waals surface area contributed by atoms with Crippen LogP contribution in [0.25, 0.3) is 10.9 Å². The Kier molecular flexibility index (Phi) is 2.38. The van der Waals surface area contributed by atoms with E-state index < -0.39 is 6.10 Å². The van der Waals surface area contributed by atoms with Gasteiger partial charge in [-0.2, -0.15) is 0 Å². The Hall–Kier alpha value is -2.13. The average molecular weight is 225 g/mol. The smallest absolute Gasteiger partial charge is 0.137 e. The molecule has 0 saturated carbocycles. The molecule has 0 aliphatic carbocycles. The fraction of sp³-hybridized carbons (Fsp3) is 0.0714. The molecule has 1 aromatic carbocycles. The summed E-state index contributed by atoms with van der Waals surface area (Å²) in [5.74, 6) is 0.542. The number of hydrogen-bond acceptors (Lipinski definition) is 3. The zero-order valence-electron chi connectivity index (χ0n) is 9.08. The summed E-state index contributed by atoms with van der Waals surface area (Å²) in [7, 11) is 0.